The first-order valence-electron chi connectivity index (χ1n) is 6.47. The highest BCUT2D eigenvalue weighted by Gasteiger charge is 2.41. The number of ether oxygens (including phenoxy) is 2. The Kier molecular flexibility index (Phi) is 4.36. The predicted molar refractivity (Wildman–Crippen MR) is 69.9 cm³/mol. The first-order valence-corrected chi connectivity index (χ1v) is 6.47. The standard InChI is InChI=1S/C13H21N3O2/c1-3-18-11-4-8-14-12(16-11)15-10-13(5-6-13)7-9-17-2/h4,8H,3,5-7,9-10H2,1-2H3,(H,14,15,16). The van der Waals surface area contributed by atoms with Gasteiger partial charge in [0.2, 0.25) is 11.8 Å². The zero-order chi connectivity index (χ0) is 12.8. The number of anilines is 1. The van der Waals surface area contributed by atoms with Gasteiger partial charge in [-0.1, -0.05) is 0 Å². The molecule has 0 bridgehead atoms. The molecule has 1 aliphatic rings. The van der Waals surface area contributed by atoms with Crippen LogP contribution < -0.4 is 10.1 Å². The maximum atomic E-state index is 5.35. The third kappa shape index (κ3) is 3.57. The highest BCUT2D eigenvalue weighted by molar-refractivity contribution is 5.28. The van der Waals surface area contributed by atoms with Gasteiger partial charge < -0.3 is 14.8 Å². The van der Waals surface area contributed by atoms with Crippen molar-refractivity contribution in [1.82, 2.24) is 9.97 Å². The van der Waals surface area contributed by atoms with Gasteiger partial charge in [-0.3, -0.25) is 0 Å². The van der Waals surface area contributed by atoms with Crippen LogP contribution in [0.4, 0.5) is 5.95 Å². The number of aromatic nitrogens is 2. The Hall–Kier alpha value is -1.36. The fourth-order valence-electron chi connectivity index (χ4n) is 1.93. The van der Waals surface area contributed by atoms with Crippen LogP contribution in [0.25, 0.3) is 0 Å². The molecule has 1 saturated carbocycles. The van der Waals surface area contributed by atoms with Gasteiger partial charge in [-0.25, -0.2) is 4.98 Å². The van der Waals surface area contributed by atoms with Crippen LogP contribution in [0.15, 0.2) is 12.3 Å². The fraction of sp³-hybridized carbons (Fsp3) is 0.692. The van der Waals surface area contributed by atoms with Gasteiger partial charge in [0, 0.05) is 32.5 Å². The first-order chi connectivity index (χ1) is 8.78. The van der Waals surface area contributed by atoms with Crippen LogP contribution in [0, 0.1) is 5.41 Å². The van der Waals surface area contributed by atoms with E-state index in [-0.39, 0.29) is 0 Å². The molecule has 0 aliphatic heterocycles. The second-order valence-electron chi connectivity index (χ2n) is 4.75. The molecule has 0 amide bonds. The maximum absolute atomic E-state index is 5.35. The minimum absolute atomic E-state index is 0.390. The molecular weight excluding hydrogens is 230 g/mol. The Labute approximate surface area is 108 Å². The largest absolute Gasteiger partial charge is 0.478 e. The summed E-state index contributed by atoms with van der Waals surface area (Å²) in [7, 11) is 1.75. The highest BCUT2D eigenvalue weighted by Crippen LogP contribution is 2.48. The summed E-state index contributed by atoms with van der Waals surface area (Å²) in [6, 6.07) is 1.77. The Bertz CT molecular complexity index is 380. The normalized spacial score (nSPS) is 16.3. The van der Waals surface area contributed by atoms with E-state index in [9.17, 15) is 0 Å². The lowest BCUT2D eigenvalue weighted by molar-refractivity contribution is 0.174. The number of nitrogens with one attached hydrogen (secondary N) is 1. The molecule has 0 unspecified atom stereocenters. The molecule has 2 rings (SSSR count). The molecule has 0 atom stereocenters. The molecule has 1 aromatic heterocycles. The third-order valence-electron chi connectivity index (χ3n) is 3.34. The lowest BCUT2D eigenvalue weighted by atomic mass is 10.0. The quantitative estimate of drug-likeness (QED) is 0.766. The smallest absolute Gasteiger partial charge is 0.225 e. The van der Waals surface area contributed by atoms with Crippen LogP contribution in [0.3, 0.4) is 0 Å². The lowest BCUT2D eigenvalue weighted by Gasteiger charge is -2.15. The van der Waals surface area contributed by atoms with Crippen LogP contribution >= 0.6 is 0 Å². The highest BCUT2D eigenvalue weighted by atomic mass is 16.5. The SMILES string of the molecule is CCOc1ccnc(NCC2(CCOC)CC2)n1. The average molecular weight is 251 g/mol. The van der Waals surface area contributed by atoms with Crippen molar-refractivity contribution in [3.8, 4) is 5.88 Å². The van der Waals surface area contributed by atoms with E-state index >= 15 is 0 Å². The van der Waals surface area contributed by atoms with Crippen LogP contribution in [-0.4, -0.2) is 36.8 Å². The molecule has 1 N–H and O–H groups in total. The third-order valence-corrected chi connectivity index (χ3v) is 3.34. The number of hydrogen-bond donors (Lipinski definition) is 1. The van der Waals surface area contributed by atoms with E-state index in [0.29, 0.717) is 23.9 Å². The molecule has 1 heterocycles. The summed E-state index contributed by atoms with van der Waals surface area (Å²) in [6.45, 7) is 4.29. The van der Waals surface area contributed by atoms with E-state index in [1.165, 1.54) is 12.8 Å². The number of rotatable bonds is 8. The molecular formula is C13H21N3O2. The second-order valence-corrected chi connectivity index (χ2v) is 4.75. The van der Waals surface area contributed by atoms with Gasteiger partial charge in [0.15, 0.2) is 0 Å². The molecule has 1 aromatic rings. The van der Waals surface area contributed by atoms with Crippen LogP contribution in [0.5, 0.6) is 5.88 Å². The minimum atomic E-state index is 0.390. The van der Waals surface area contributed by atoms with E-state index in [1.54, 1.807) is 19.4 Å². The van der Waals surface area contributed by atoms with Gasteiger partial charge in [-0.05, 0) is 31.6 Å². The van der Waals surface area contributed by atoms with E-state index in [2.05, 4.69) is 15.3 Å². The topological polar surface area (TPSA) is 56.3 Å². The molecule has 0 aromatic carbocycles. The summed E-state index contributed by atoms with van der Waals surface area (Å²) in [5.41, 5.74) is 0.390. The second kappa shape index (κ2) is 6.00. The molecule has 1 aliphatic carbocycles. The van der Waals surface area contributed by atoms with Gasteiger partial charge in [0.1, 0.15) is 0 Å². The van der Waals surface area contributed by atoms with Crippen molar-refractivity contribution in [1.29, 1.82) is 0 Å². The molecule has 5 nitrogen and oxygen atoms in total. The summed E-state index contributed by atoms with van der Waals surface area (Å²) in [6.07, 6.45) is 5.33. The van der Waals surface area contributed by atoms with E-state index < -0.39 is 0 Å². The van der Waals surface area contributed by atoms with Crippen molar-refractivity contribution in [2.45, 2.75) is 26.2 Å². The summed E-state index contributed by atoms with van der Waals surface area (Å²) in [5.74, 6) is 1.27. The summed E-state index contributed by atoms with van der Waals surface area (Å²) in [4.78, 5) is 8.50. The zero-order valence-corrected chi connectivity index (χ0v) is 11.1. The van der Waals surface area contributed by atoms with Crippen LogP contribution in [0.1, 0.15) is 26.2 Å². The van der Waals surface area contributed by atoms with Gasteiger partial charge >= 0.3 is 0 Å². The van der Waals surface area contributed by atoms with Crippen molar-refractivity contribution in [2.75, 3.05) is 32.2 Å². The molecule has 5 heteroatoms. The van der Waals surface area contributed by atoms with Gasteiger partial charge in [-0.2, -0.15) is 4.98 Å². The maximum Gasteiger partial charge on any atom is 0.225 e. The minimum Gasteiger partial charge on any atom is -0.478 e. The van der Waals surface area contributed by atoms with E-state index in [0.717, 1.165) is 19.6 Å². The Morgan fingerprint density at radius 1 is 1.44 bits per heavy atom. The number of nitrogens with zero attached hydrogens (tertiary/aromatic N) is 2. The van der Waals surface area contributed by atoms with Gasteiger partial charge in [0.25, 0.3) is 0 Å². The monoisotopic (exact) mass is 251 g/mol. The van der Waals surface area contributed by atoms with Crippen molar-refractivity contribution in [2.24, 2.45) is 5.41 Å². The van der Waals surface area contributed by atoms with Crippen molar-refractivity contribution in [3.05, 3.63) is 12.3 Å². The van der Waals surface area contributed by atoms with Crippen LogP contribution in [0.2, 0.25) is 0 Å². The van der Waals surface area contributed by atoms with Crippen LogP contribution in [-0.2, 0) is 4.74 Å². The summed E-state index contributed by atoms with van der Waals surface area (Å²) in [5, 5.41) is 3.30. The zero-order valence-electron chi connectivity index (χ0n) is 11.1. The number of hydrogen-bond acceptors (Lipinski definition) is 5. The van der Waals surface area contributed by atoms with E-state index in [1.807, 2.05) is 6.92 Å². The van der Waals surface area contributed by atoms with Crippen molar-refractivity contribution < 1.29 is 9.47 Å². The Morgan fingerprint density at radius 3 is 2.94 bits per heavy atom. The van der Waals surface area contributed by atoms with E-state index in [4.69, 9.17) is 9.47 Å². The molecule has 0 spiro atoms. The predicted octanol–water partition coefficient (Wildman–Crippen LogP) is 2.10. The molecule has 18 heavy (non-hydrogen) atoms. The van der Waals surface area contributed by atoms with Gasteiger partial charge in [-0.15, -0.1) is 0 Å². The van der Waals surface area contributed by atoms with Crippen molar-refractivity contribution >= 4 is 5.95 Å². The lowest BCUT2D eigenvalue weighted by Crippen LogP contribution is -2.18. The first kappa shape index (κ1) is 13.1. The molecule has 0 radical (unpaired) electrons. The molecule has 1 fully saturated rings. The summed E-state index contributed by atoms with van der Waals surface area (Å²) < 4.78 is 10.5. The Balaban J connectivity index is 1.84. The van der Waals surface area contributed by atoms with Crippen molar-refractivity contribution in [3.63, 3.8) is 0 Å². The Morgan fingerprint density at radius 2 is 2.28 bits per heavy atom. The fourth-order valence-corrected chi connectivity index (χ4v) is 1.93. The molecule has 0 saturated heterocycles. The molecule has 100 valence electrons. The van der Waals surface area contributed by atoms with Gasteiger partial charge in [0.05, 0.1) is 6.61 Å². The summed E-state index contributed by atoms with van der Waals surface area (Å²) >= 11 is 0. The number of methoxy groups -OCH3 is 1. The average Bonchev–Trinajstić information content (AvgIpc) is 3.16.